The van der Waals surface area contributed by atoms with E-state index in [0.717, 1.165) is 59.3 Å². The van der Waals surface area contributed by atoms with Crippen LogP contribution in [0.1, 0.15) is 78.1 Å². The van der Waals surface area contributed by atoms with Crippen LogP contribution >= 0.6 is 0 Å². The summed E-state index contributed by atoms with van der Waals surface area (Å²) in [5.41, 5.74) is 4.97. The Hall–Kier alpha value is -3.11. The van der Waals surface area contributed by atoms with Gasteiger partial charge >= 0.3 is 0 Å². The lowest BCUT2D eigenvalue weighted by atomic mass is 9.79. The first-order chi connectivity index (χ1) is 17.2. The Balaban J connectivity index is 1.45. The number of hydrogen-bond donors (Lipinski definition) is 0. The molecule has 2 aliphatic rings. The molecule has 0 saturated heterocycles. The van der Waals surface area contributed by atoms with Gasteiger partial charge in [0.1, 0.15) is 24.4 Å². The zero-order chi connectivity index (χ0) is 24.1. The molecule has 0 aliphatic carbocycles. The number of aldehydes is 1. The quantitative estimate of drug-likeness (QED) is 0.229. The van der Waals surface area contributed by atoms with Gasteiger partial charge in [0.25, 0.3) is 0 Å². The van der Waals surface area contributed by atoms with Crippen molar-refractivity contribution in [2.24, 2.45) is 5.92 Å². The van der Waals surface area contributed by atoms with Gasteiger partial charge in [-0.3, -0.25) is 4.79 Å². The van der Waals surface area contributed by atoms with Crippen molar-refractivity contribution in [2.45, 2.75) is 70.9 Å². The maximum atomic E-state index is 11.8. The highest BCUT2D eigenvalue weighted by Gasteiger charge is 2.52. The SMILES string of the molecule is CCCCCCC[C@@H]1Cc2c(C=O)cccc2O[C@]12OCc1c(OCc3ccccc3)cccc12. The molecule has 35 heavy (non-hydrogen) atoms. The average Bonchev–Trinajstić information content (AvgIpc) is 3.27. The number of carbonyl (C=O) groups is 1. The average molecular weight is 471 g/mol. The van der Waals surface area contributed by atoms with E-state index in [9.17, 15) is 4.79 Å². The van der Waals surface area contributed by atoms with Crippen LogP contribution in [0.25, 0.3) is 0 Å². The van der Waals surface area contributed by atoms with Gasteiger partial charge in [-0.2, -0.15) is 0 Å². The molecule has 3 aromatic rings. The van der Waals surface area contributed by atoms with Crippen molar-refractivity contribution < 1.29 is 19.0 Å². The standard InChI is InChI=1S/C31H34O4/c1-2-3-4-5-9-15-25-19-26-24(20-32)14-10-18-30(26)35-31(25)28-16-11-17-29(27(28)22-34-31)33-21-23-12-7-6-8-13-23/h6-8,10-14,16-18,20,25H,2-5,9,15,19,21-22H2,1H3/t25-,31-/m1/s1. The van der Waals surface area contributed by atoms with E-state index >= 15 is 0 Å². The van der Waals surface area contributed by atoms with Crippen molar-refractivity contribution in [3.63, 3.8) is 0 Å². The van der Waals surface area contributed by atoms with Crippen LogP contribution in [0.15, 0.2) is 66.7 Å². The summed E-state index contributed by atoms with van der Waals surface area (Å²) in [4.78, 5) is 11.8. The molecule has 1 spiro atoms. The maximum Gasteiger partial charge on any atom is 0.241 e. The number of hydrogen-bond acceptors (Lipinski definition) is 4. The molecule has 0 bridgehead atoms. The van der Waals surface area contributed by atoms with Crippen molar-refractivity contribution in [1.29, 1.82) is 0 Å². The van der Waals surface area contributed by atoms with Crippen LogP contribution in [0.3, 0.4) is 0 Å². The number of ether oxygens (including phenoxy) is 3. The first-order valence-corrected chi connectivity index (χ1v) is 12.9. The van der Waals surface area contributed by atoms with E-state index in [4.69, 9.17) is 14.2 Å². The molecule has 2 aliphatic heterocycles. The molecule has 0 unspecified atom stereocenters. The van der Waals surface area contributed by atoms with E-state index in [0.29, 0.717) is 18.8 Å². The Morgan fingerprint density at radius 3 is 2.60 bits per heavy atom. The fraction of sp³-hybridized carbons (Fsp3) is 0.387. The van der Waals surface area contributed by atoms with Gasteiger partial charge in [-0.1, -0.05) is 93.6 Å². The van der Waals surface area contributed by atoms with Crippen molar-refractivity contribution in [3.05, 3.63) is 94.5 Å². The van der Waals surface area contributed by atoms with Crippen LogP contribution in [0, 0.1) is 5.92 Å². The van der Waals surface area contributed by atoms with Crippen LogP contribution in [0.4, 0.5) is 0 Å². The molecule has 182 valence electrons. The minimum Gasteiger partial charge on any atom is -0.489 e. The first-order valence-electron chi connectivity index (χ1n) is 12.9. The van der Waals surface area contributed by atoms with Crippen molar-refractivity contribution >= 4 is 6.29 Å². The molecular formula is C31H34O4. The normalized spacial score (nSPS) is 20.2. The fourth-order valence-electron chi connectivity index (χ4n) is 5.51. The zero-order valence-electron chi connectivity index (χ0n) is 20.5. The summed E-state index contributed by atoms with van der Waals surface area (Å²) in [6.45, 7) is 3.20. The molecule has 0 amide bonds. The summed E-state index contributed by atoms with van der Waals surface area (Å²) in [6, 6.07) is 22.1. The van der Waals surface area contributed by atoms with Crippen molar-refractivity contribution in [1.82, 2.24) is 0 Å². The first kappa shape index (κ1) is 23.6. The van der Waals surface area contributed by atoms with E-state index in [-0.39, 0.29) is 5.92 Å². The summed E-state index contributed by atoms with van der Waals surface area (Å²) in [7, 11) is 0. The van der Waals surface area contributed by atoms with Gasteiger partial charge in [0, 0.05) is 28.2 Å². The van der Waals surface area contributed by atoms with Gasteiger partial charge in [0.15, 0.2) is 0 Å². The Kier molecular flexibility index (Phi) is 7.19. The number of carbonyl (C=O) groups excluding carboxylic acids is 1. The Morgan fingerprint density at radius 1 is 0.943 bits per heavy atom. The van der Waals surface area contributed by atoms with Gasteiger partial charge in [0.05, 0.1) is 6.61 Å². The topological polar surface area (TPSA) is 44.8 Å². The predicted molar refractivity (Wildman–Crippen MR) is 137 cm³/mol. The molecule has 2 atom stereocenters. The molecule has 2 heterocycles. The second-order valence-corrected chi connectivity index (χ2v) is 9.66. The molecule has 4 heteroatoms. The summed E-state index contributed by atoms with van der Waals surface area (Å²) in [6.07, 6.45) is 8.78. The molecule has 0 aromatic heterocycles. The highest BCUT2D eigenvalue weighted by atomic mass is 16.7. The molecule has 3 aromatic carbocycles. The zero-order valence-corrected chi connectivity index (χ0v) is 20.5. The summed E-state index contributed by atoms with van der Waals surface area (Å²) in [5.74, 6) is 0.880. The fourth-order valence-corrected chi connectivity index (χ4v) is 5.51. The third-order valence-corrected chi connectivity index (χ3v) is 7.38. The van der Waals surface area contributed by atoms with E-state index in [1.54, 1.807) is 0 Å². The van der Waals surface area contributed by atoms with Crippen molar-refractivity contribution in [2.75, 3.05) is 0 Å². The maximum absolute atomic E-state index is 11.8. The summed E-state index contributed by atoms with van der Waals surface area (Å²) >= 11 is 0. The molecule has 0 N–H and O–H groups in total. The molecule has 5 rings (SSSR count). The van der Waals surface area contributed by atoms with Gasteiger partial charge in [-0.15, -0.1) is 0 Å². The lowest BCUT2D eigenvalue weighted by Crippen LogP contribution is -2.45. The monoisotopic (exact) mass is 470 g/mol. The van der Waals surface area contributed by atoms with Crippen LogP contribution < -0.4 is 9.47 Å². The van der Waals surface area contributed by atoms with Gasteiger partial charge in [0.2, 0.25) is 5.79 Å². The van der Waals surface area contributed by atoms with Crippen LogP contribution in [-0.4, -0.2) is 6.29 Å². The minimum absolute atomic E-state index is 0.128. The lowest BCUT2D eigenvalue weighted by molar-refractivity contribution is -0.227. The molecule has 0 saturated carbocycles. The number of rotatable bonds is 10. The lowest BCUT2D eigenvalue weighted by Gasteiger charge is -2.42. The summed E-state index contributed by atoms with van der Waals surface area (Å²) in [5, 5.41) is 0. The van der Waals surface area contributed by atoms with E-state index < -0.39 is 5.79 Å². The minimum atomic E-state index is -0.847. The third kappa shape index (κ3) is 4.72. The smallest absolute Gasteiger partial charge is 0.241 e. The Morgan fingerprint density at radius 2 is 1.77 bits per heavy atom. The highest BCUT2D eigenvalue weighted by molar-refractivity contribution is 5.79. The highest BCUT2D eigenvalue weighted by Crippen LogP contribution is 2.52. The predicted octanol–water partition coefficient (Wildman–Crippen LogP) is 7.37. The van der Waals surface area contributed by atoms with Crippen LogP contribution in [-0.2, 0) is 30.2 Å². The summed E-state index contributed by atoms with van der Waals surface area (Å²) < 4.78 is 19.6. The van der Waals surface area contributed by atoms with Gasteiger partial charge < -0.3 is 14.2 Å². The Labute approximate surface area is 208 Å². The number of unbranched alkanes of at least 4 members (excludes halogenated alkanes) is 4. The second-order valence-electron chi connectivity index (χ2n) is 9.66. The van der Waals surface area contributed by atoms with E-state index in [1.165, 1.54) is 25.7 Å². The Bertz CT molecular complexity index is 1160. The number of benzene rings is 3. The molecule has 0 radical (unpaired) electrons. The van der Waals surface area contributed by atoms with Crippen LogP contribution in [0.2, 0.25) is 0 Å². The molecule has 4 nitrogen and oxygen atoms in total. The van der Waals surface area contributed by atoms with E-state index in [1.807, 2.05) is 48.5 Å². The van der Waals surface area contributed by atoms with E-state index in [2.05, 4.69) is 25.1 Å². The largest absolute Gasteiger partial charge is 0.489 e. The third-order valence-electron chi connectivity index (χ3n) is 7.38. The van der Waals surface area contributed by atoms with Gasteiger partial charge in [-0.05, 0) is 30.5 Å². The molecule has 0 fully saturated rings. The second kappa shape index (κ2) is 10.7. The van der Waals surface area contributed by atoms with Gasteiger partial charge in [-0.25, -0.2) is 0 Å². The van der Waals surface area contributed by atoms with Crippen molar-refractivity contribution in [3.8, 4) is 11.5 Å². The van der Waals surface area contributed by atoms with Crippen LogP contribution in [0.5, 0.6) is 11.5 Å². The number of fused-ring (bicyclic) bond motifs is 3. The molecular weight excluding hydrogens is 436 g/mol.